The van der Waals surface area contributed by atoms with Gasteiger partial charge in [-0.25, -0.2) is 4.98 Å². The van der Waals surface area contributed by atoms with E-state index in [2.05, 4.69) is 60.4 Å². The largest absolute Gasteiger partial charge is 0.356 e. The number of likely N-dealkylation sites (N-methyl/N-ethyl adjacent to an activating group) is 1. The topological polar surface area (TPSA) is 52.6 Å². The Morgan fingerprint density at radius 1 is 1.35 bits per heavy atom. The quantitative estimate of drug-likeness (QED) is 0.361. The summed E-state index contributed by atoms with van der Waals surface area (Å²) in [6.07, 6.45) is 4.04. The minimum absolute atomic E-state index is 0. The molecule has 0 aliphatic rings. The molecule has 0 spiro atoms. The molecule has 0 fully saturated rings. The van der Waals surface area contributed by atoms with Gasteiger partial charge in [0, 0.05) is 43.7 Å². The highest BCUT2D eigenvalue weighted by atomic mass is 127. The van der Waals surface area contributed by atoms with E-state index in [-0.39, 0.29) is 24.0 Å². The summed E-state index contributed by atoms with van der Waals surface area (Å²) in [5.41, 5.74) is 0. The maximum Gasteiger partial charge on any atom is 0.191 e. The zero-order valence-corrected chi connectivity index (χ0v) is 18.4. The maximum absolute atomic E-state index is 4.38. The van der Waals surface area contributed by atoms with Gasteiger partial charge in [0.05, 0.1) is 5.01 Å². The van der Waals surface area contributed by atoms with Crippen LogP contribution in [-0.4, -0.2) is 56.1 Å². The van der Waals surface area contributed by atoms with Crippen LogP contribution in [0, 0.1) is 12.8 Å². The van der Waals surface area contributed by atoms with Crippen molar-refractivity contribution in [3.8, 4) is 0 Å². The number of thiazole rings is 1. The summed E-state index contributed by atoms with van der Waals surface area (Å²) < 4.78 is 0. The van der Waals surface area contributed by atoms with E-state index in [1.807, 2.05) is 13.2 Å². The molecule has 0 aromatic carbocycles. The third kappa shape index (κ3) is 9.46. The summed E-state index contributed by atoms with van der Waals surface area (Å²) >= 11 is 1.76. The first-order chi connectivity index (χ1) is 10.4. The Morgan fingerprint density at radius 2 is 2.04 bits per heavy atom. The van der Waals surface area contributed by atoms with Gasteiger partial charge < -0.3 is 15.5 Å². The molecule has 0 radical (unpaired) electrons. The predicted molar refractivity (Wildman–Crippen MR) is 112 cm³/mol. The van der Waals surface area contributed by atoms with Gasteiger partial charge in [-0.2, -0.15) is 0 Å². The number of nitrogens with zero attached hydrogens (tertiary/aromatic N) is 3. The Labute approximate surface area is 162 Å². The number of rotatable bonds is 8. The van der Waals surface area contributed by atoms with Gasteiger partial charge in [-0.15, -0.1) is 35.3 Å². The van der Waals surface area contributed by atoms with E-state index in [1.54, 1.807) is 11.3 Å². The second-order valence-electron chi connectivity index (χ2n) is 6.24. The molecular formula is C16H32IN5S. The van der Waals surface area contributed by atoms with Crippen molar-refractivity contribution in [2.75, 3.05) is 34.2 Å². The first kappa shape index (κ1) is 22.6. The van der Waals surface area contributed by atoms with Gasteiger partial charge in [0.25, 0.3) is 0 Å². The third-order valence-electron chi connectivity index (χ3n) is 3.50. The van der Waals surface area contributed by atoms with Gasteiger partial charge in [-0.1, -0.05) is 13.8 Å². The van der Waals surface area contributed by atoms with Gasteiger partial charge in [0.15, 0.2) is 5.96 Å². The van der Waals surface area contributed by atoms with Crippen molar-refractivity contribution in [1.29, 1.82) is 0 Å². The standard InChI is InChI=1S/C16H31N5S.HI/c1-12(2)9-14(21(5)6)11-20-16(17-4)18-8-7-15-19-10-13(3)22-15;/h10,12,14H,7-9,11H2,1-6H3,(H2,17,18,20);1H. The van der Waals surface area contributed by atoms with E-state index in [9.17, 15) is 0 Å². The molecule has 0 aliphatic carbocycles. The molecule has 0 saturated carbocycles. The van der Waals surface area contributed by atoms with Gasteiger partial charge in [0.2, 0.25) is 0 Å². The van der Waals surface area contributed by atoms with Crippen LogP contribution in [0.5, 0.6) is 0 Å². The third-order valence-corrected chi connectivity index (χ3v) is 4.48. The van der Waals surface area contributed by atoms with E-state index < -0.39 is 0 Å². The molecule has 23 heavy (non-hydrogen) atoms. The second-order valence-corrected chi connectivity index (χ2v) is 7.56. The van der Waals surface area contributed by atoms with Crippen molar-refractivity contribution in [2.24, 2.45) is 10.9 Å². The lowest BCUT2D eigenvalue weighted by Gasteiger charge is -2.27. The van der Waals surface area contributed by atoms with E-state index in [1.165, 1.54) is 16.3 Å². The number of nitrogens with one attached hydrogen (secondary N) is 2. The fourth-order valence-electron chi connectivity index (χ4n) is 2.26. The first-order valence-corrected chi connectivity index (χ1v) is 8.76. The van der Waals surface area contributed by atoms with Crippen LogP contribution in [0.25, 0.3) is 0 Å². The summed E-state index contributed by atoms with van der Waals surface area (Å²) in [5, 5.41) is 7.96. The van der Waals surface area contributed by atoms with E-state index in [0.717, 1.165) is 25.5 Å². The van der Waals surface area contributed by atoms with Crippen LogP contribution in [0.2, 0.25) is 0 Å². The first-order valence-electron chi connectivity index (χ1n) is 7.94. The summed E-state index contributed by atoms with van der Waals surface area (Å²) in [5.74, 6) is 1.56. The number of aromatic nitrogens is 1. The summed E-state index contributed by atoms with van der Waals surface area (Å²) in [6, 6.07) is 0.514. The van der Waals surface area contributed by atoms with E-state index in [0.29, 0.717) is 12.0 Å². The van der Waals surface area contributed by atoms with Crippen molar-refractivity contribution in [2.45, 2.75) is 39.7 Å². The highest BCUT2D eigenvalue weighted by molar-refractivity contribution is 14.0. The molecule has 0 amide bonds. The number of aryl methyl sites for hydroxylation is 1. The molecule has 0 saturated heterocycles. The minimum atomic E-state index is 0. The number of aliphatic imine (C=N–C) groups is 1. The number of hydrogen-bond donors (Lipinski definition) is 2. The maximum atomic E-state index is 4.38. The highest BCUT2D eigenvalue weighted by Gasteiger charge is 2.13. The lowest BCUT2D eigenvalue weighted by atomic mass is 10.0. The molecule has 7 heteroatoms. The Kier molecular flexibility index (Phi) is 11.8. The lowest BCUT2D eigenvalue weighted by molar-refractivity contribution is 0.254. The van der Waals surface area contributed by atoms with Crippen LogP contribution in [-0.2, 0) is 6.42 Å². The number of guanidine groups is 1. The average molecular weight is 453 g/mol. The molecule has 1 rings (SSSR count). The van der Waals surface area contributed by atoms with Gasteiger partial charge in [-0.05, 0) is 33.4 Å². The molecule has 1 aromatic rings. The Morgan fingerprint density at radius 3 is 2.52 bits per heavy atom. The Bertz CT molecular complexity index is 459. The molecule has 0 aliphatic heterocycles. The molecule has 2 N–H and O–H groups in total. The smallest absolute Gasteiger partial charge is 0.191 e. The normalized spacial score (nSPS) is 13.1. The zero-order chi connectivity index (χ0) is 16.5. The second kappa shape index (κ2) is 12.0. The fourth-order valence-corrected chi connectivity index (χ4v) is 3.05. The van der Waals surface area contributed by atoms with Crippen LogP contribution >= 0.6 is 35.3 Å². The van der Waals surface area contributed by atoms with E-state index in [4.69, 9.17) is 0 Å². The van der Waals surface area contributed by atoms with Crippen LogP contribution in [0.4, 0.5) is 0 Å². The zero-order valence-electron chi connectivity index (χ0n) is 15.2. The molecule has 1 unspecified atom stereocenters. The van der Waals surface area contributed by atoms with Gasteiger partial charge in [-0.3, -0.25) is 4.99 Å². The van der Waals surface area contributed by atoms with Crippen LogP contribution in [0.15, 0.2) is 11.2 Å². The van der Waals surface area contributed by atoms with Crippen LogP contribution < -0.4 is 10.6 Å². The molecule has 0 bridgehead atoms. The Balaban J connectivity index is 0.00000484. The van der Waals surface area contributed by atoms with Crippen molar-refractivity contribution in [3.05, 3.63) is 16.1 Å². The molecular weight excluding hydrogens is 421 g/mol. The summed E-state index contributed by atoms with van der Waals surface area (Å²) in [7, 11) is 6.08. The highest BCUT2D eigenvalue weighted by Crippen LogP contribution is 2.11. The van der Waals surface area contributed by atoms with Crippen molar-refractivity contribution in [1.82, 2.24) is 20.5 Å². The lowest BCUT2D eigenvalue weighted by Crippen LogP contribution is -2.45. The molecule has 1 atom stereocenters. The predicted octanol–water partition coefficient (Wildman–Crippen LogP) is 2.75. The molecule has 134 valence electrons. The monoisotopic (exact) mass is 453 g/mol. The molecule has 5 nitrogen and oxygen atoms in total. The summed E-state index contributed by atoms with van der Waals surface area (Å²) in [4.78, 5) is 12.2. The average Bonchev–Trinajstić information content (AvgIpc) is 2.86. The van der Waals surface area contributed by atoms with Crippen molar-refractivity contribution >= 4 is 41.3 Å². The van der Waals surface area contributed by atoms with Crippen LogP contribution in [0.3, 0.4) is 0 Å². The molecule has 1 aromatic heterocycles. The number of hydrogen-bond acceptors (Lipinski definition) is 4. The fraction of sp³-hybridized carbons (Fsp3) is 0.750. The van der Waals surface area contributed by atoms with Crippen molar-refractivity contribution < 1.29 is 0 Å². The Hall–Kier alpha value is -0.410. The molecule has 1 heterocycles. The van der Waals surface area contributed by atoms with Gasteiger partial charge >= 0.3 is 0 Å². The number of halogens is 1. The van der Waals surface area contributed by atoms with E-state index >= 15 is 0 Å². The van der Waals surface area contributed by atoms with Crippen LogP contribution in [0.1, 0.15) is 30.2 Å². The minimum Gasteiger partial charge on any atom is -0.356 e. The summed E-state index contributed by atoms with van der Waals surface area (Å²) in [6.45, 7) is 8.37. The SMILES string of the molecule is CN=C(NCCc1ncc(C)s1)NCC(CC(C)C)N(C)C.I. The van der Waals surface area contributed by atoms with Crippen molar-refractivity contribution in [3.63, 3.8) is 0 Å². The van der Waals surface area contributed by atoms with Gasteiger partial charge in [0.1, 0.15) is 0 Å².